The van der Waals surface area contributed by atoms with Crippen LogP contribution in [0.1, 0.15) is 12.5 Å². The molecule has 0 saturated carbocycles. The van der Waals surface area contributed by atoms with Crippen LogP contribution in [0.5, 0.6) is 0 Å². The predicted octanol–water partition coefficient (Wildman–Crippen LogP) is 2.25. The highest BCUT2D eigenvalue weighted by atomic mass is 35.5. The molecule has 1 rings (SSSR count). The monoisotopic (exact) mass is 337 g/mol. The number of hydrogen-bond donors (Lipinski definition) is 1. The van der Waals surface area contributed by atoms with Crippen LogP contribution in [-0.2, 0) is 20.4 Å². The summed E-state index contributed by atoms with van der Waals surface area (Å²) >= 11 is 11.2. The molecule has 4 nitrogen and oxygen atoms in total. The molecule has 1 N–H and O–H groups in total. The van der Waals surface area contributed by atoms with E-state index in [4.69, 9.17) is 23.2 Å². The fraction of sp³-hybridized carbons (Fsp3) is 0.462. The van der Waals surface area contributed by atoms with Crippen molar-refractivity contribution in [1.82, 2.24) is 5.32 Å². The summed E-state index contributed by atoms with van der Waals surface area (Å²) in [4.78, 5) is 11.6. The van der Waals surface area contributed by atoms with Gasteiger partial charge in [-0.05, 0) is 17.7 Å². The number of nitrogens with one attached hydrogen (secondary N) is 1. The van der Waals surface area contributed by atoms with Gasteiger partial charge in [-0.25, -0.2) is 8.42 Å². The first kappa shape index (κ1) is 17.3. The smallest absolute Gasteiger partial charge is 0.223 e. The summed E-state index contributed by atoms with van der Waals surface area (Å²) in [7, 11) is -3.35. The maximum Gasteiger partial charge on any atom is 0.223 e. The third-order valence-electron chi connectivity index (χ3n) is 2.65. The highest BCUT2D eigenvalue weighted by molar-refractivity contribution is 7.90. The highest BCUT2D eigenvalue weighted by Gasteiger charge is 2.21. The maximum atomic E-state index is 12.0. The third-order valence-corrected chi connectivity index (χ3v) is 4.87. The first-order chi connectivity index (χ1) is 9.34. The number of carbonyl (C=O) groups is 1. The van der Waals surface area contributed by atoms with E-state index in [1.165, 1.54) is 0 Å². The van der Waals surface area contributed by atoms with E-state index < -0.39 is 15.8 Å². The minimum Gasteiger partial charge on any atom is -0.355 e. The molecule has 0 radical (unpaired) electrons. The van der Waals surface area contributed by atoms with Gasteiger partial charge in [0.05, 0.1) is 11.5 Å². The maximum absolute atomic E-state index is 12.0. The Labute approximate surface area is 129 Å². The molecule has 1 amide bonds. The normalized spacial score (nSPS) is 12.9. The van der Waals surface area contributed by atoms with Crippen LogP contribution in [-0.4, -0.2) is 32.5 Å². The molecule has 0 aliphatic carbocycles. The lowest BCUT2D eigenvalue weighted by Crippen LogP contribution is -2.34. The summed E-state index contributed by atoms with van der Waals surface area (Å²) < 4.78 is 24.1. The topological polar surface area (TPSA) is 63.2 Å². The molecule has 0 saturated heterocycles. The fourth-order valence-electron chi connectivity index (χ4n) is 1.69. The van der Waals surface area contributed by atoms with Crippen molar-refractivity contribution in [2.75, 3.05) is 18.2 Å². The average Bonchev–Trinajstić information content (AvgIpc) is 2.37. The number of alkyl halides is 1. The Morgan fingerprint density at radius 2 is 1.90 bits per heavy atom. The Bertz CT molecular complexity index is 543. The second-order valence-electron chi connectivity index (χ2n) is 4.56. The quantitative estimate of drug-likeness (QED) is 0.776. The van der Waals surface area contributed by atoms with Crippen molar-refractivity contribution < 1.29 is 13.2 Å². The molecule has 112 valence electrons. The SMILES string of the molecule is CC(CS(=O)(=O)Cc1ccc(Cl)cc1)C(=O)NCCCl. The lowest BCUT2D eigenvalue weighted by molar-refractivity contribution is -0.123. The molecule has 0 bridgehead atoms. The van der Waals surface area contributed by atoms with Crippen molar-refractivity contribution >= 4 is 38.9 Å². The van der Waals surface area contributed by atoms with Crippen molar-refractivity contribution in [3.8, 4) is 0 Å². The second-order valence-corrected chi connectivity index (χ2v) is 7.49. The van der Waals surface area contributed by atoms with E-state index >= 15 is 0 Å². The van der Waals surface area contributed by atoms with Crippen LogP contribution in [0.2, 0.25) is 5.02 Å². The molecule has 0 fully saturated rings. The summed E-state index contributed by atoms with van der Waals surface area (Å²) in [6.07, 6.45) is 0. The molecular formula is C13H17Cl2NO3S. The zero-order valence-corrected chi connectivity index (χ0v) is 13.4. The Balaban J connectivity index is 2.61. The molecule has 0 aromatic heterocycles. The lowest BCUT2D eigenvalue weighted by atomic mass is 10.2. The molecule has 1 aromatic rings. The van der Waals surface area contributed by atoms with Crippen LogP contribution in [0, 0.1) is 5.92 Å². The van der Waals surface area contributed by atoms with Gasteiger partial charge in [-0.1, -0.05) is 30.7 Å². The molecule has 1 atom stereocenters. The summed E-state index contributed by atoms with van der Waals surface area (Å²) in [5, 5.41) is 3.13. The van der Waals surface area contributed by atoms with Crippen LogP contribution in [0.3, 0.4) is 0 Å². The molecular weight excluding hydrogens is 321 g/mol. The van der Waals surface area contributed by atoms with Crippen LogP contribution in [0.25, 0.3) is 0 Å². The Kier molecular flexibility index (Phi) is 6.79. The average molecular weight is 338 g/mol. The van der Waals surface area contributed by atoms with E-state index in [1.54, 1.807) is 31.2 Å². The number of amides is 1. The van der Waals surface area contributed by atoms with Crippen LogP contribution in [0.15, 0.2) is 24.3 Å². The second kappa shape index (κ2) is 7.86. The molecule has 0 aliphatic rings. The summed E-state index contributed by atoms with van der Waals surface area (Å²) in [6.45, 7) is 1.92. The third kappa shape index (κ3) is 6.11. The minimum absolute atomic E-state index is 0.0999. The Hall–Kier alpha value is -0.780. The number of halogens is 2. The van der Waals surface area contributed by atoms with Gasteiger partial charge < -0.3 is 5.32 Å². The molecule has 0 spiro atoms. The van der Waals surface area contributed by atoms with Gasteiger partial charge >= 0.3 is 0 Å². The van der Waals surface area contributed by atoms with Crippen LogP contribution in [0.4, 0.5) is 0 Å². The van der Waals surface area contributed by atoms with Gasteiger partial charge in [0.1, 0.15) is 0 Å². The number of sulfone groups is 1. The fourth-order valence-corrected chi connectivity index (χ4v) is 3.65. The first-order valence-corrected chi connectivity index (χ1v) is 8.86. The highest BCUT2D eigenvalue weighted by Crippen LogP contribution is 2.14. The van der Waals surface area contributed by atoms with Crippen molar-refractivity contribution in [3.05, 3.63) is 34.9 Å². The van der Waals surface area contributed by atoms with Gasteiger partial charge in [0.25, 0.3) is 0 Å². The minimum atomic E-state index is -3.35. The molecule has 7 heteroatoms. The lowest BCUT2D eigenvalue weighted by Gasteiger charge is -2.12. The summed E-state index contributed by atoms with van der Waals surface area (Å²) in [5.74, 6) is -0.891. The van der Waals surface area contributed by atoms with Gasteiger partial charge in [0.2, 0.25) is 5.91 Å². The van der Waals surface area contributed by atoms with Gasteiger partial charge in [0.15, 0.2) is 9.84 Å². The number of rotatable bonds is 7. The molecule has 0 heterocycles. The van der Waals surface area contributed by atoms with E-state index in [-0.39, 0.29) is 17.4 Å². The number of carbonyl (C=O) groups excluding carboxylic acids is 1. The predicted molar refractivity (Wildman–Crippen MR) is 81.8 cm³/mol. The molecule has 1 aromatic carbocycles. The first-order valence-electron chi connectivity index (χ1n) is 6.12. The van der Waals surface area contributed by atoms with Crippen molar-refractivity contribution in [2.45, 2.75) is 12.7 Å². The van der Waals surface area contributed by atoms with Crippen molar-refractivity contribution in [2.24, 2.45) is 5.92 Å². The van der Waals surface area contributed by atoms with Crippen LogP contribution >= 0.6 is 23.2 Å². The van der Waals surface area contributed by atoms with E-state index in [0.29, 0.717) is 23.0 Å². The summed E-state index contributed by atoms with van der Waals surface area (Å²) in [6, 6.07) is 6.61. The Morgan fingerprint density at radius 1 is 1.30 bits per heavy atom. The Morgan fingerprint density at radius 3 is 2.45 bits per heavy atom. The van der Waals surface area contributed by atoms with Gasteiger partial charge in [-0.2, -0.15) is 0 Å². The van der Waals surface area contributed by atoms with Gasteiger partial charge in [-0.3, -0.25) is 4.79 Å². The van der Waals surface area contributed by atoms with E-state index in [9.17, 15) is 13.2 Å². The van der Waals surface area contributed by atoms with Crippen LogP contribution < -0.4 is 5.32 Å². The van der Waals surface area contributed by atoms with Gasteiger partial charge in [0, 0.05) is 23.4 Å². The van der Waals surface area contributed by atoms with Gasteiger partial charge in [-0.15, -0.1) is 11.6 Å². The van der Waals surface area contributed by atoms with E-state index in [1.807, 2.05) is 0 Å². The largest absolute Gasteiger partial charge is 0.355 e. The molecule has 20 heavy (non-hydrogen) atoms. The molecule has 1 unspecified atom stereocenters. The zero-order valence-electron chi connectivity index (χ0n) is 11.1. The zero-order chi connectivity index (χ0) is 15.2. The molecule has 0 aliphatic heterocycles. The number of benzene rings is 1. The van der Waals surface area contributed by atoms with Crippen molar-refractivity contribution in [3.63, 3.8) is 0 Å². The summed E-state index contributed by atoms with van der Waals surface area (Å²) in [5.41, 5.74) is 0.655. The van der Waals surface area contributed by atoms with Crippen molar-refractivity contribution in [1.29, 1.82) is 0 Å². The van der Waals surface area contributed by atoms with E-state index in [0.717, 1.165) is 0 Å². The number of hydrogen-bond acceptors (Lipinski definition) is 3. The standard InChI is InChI=1S/C13H17Cl2NO3S/c1-10(13(17)16-7-6-14)8-20(18,19)9-11-2-4-12(15)5-3-11/h2-5,10H,6-9H2,1H3,(H,16,17). The van der Waals surface area contributed by atoms with E-state index in [2.05, 4.69) is 5.32 Å².